The number of carbonyl (C=O) groups is 1. The zero-order valence-electron chi connectivity index (χ0n) is 14.5. The van der Waals surface area contributed by atoms with E-state index in [-0.39, 0.29) is 11.4 Å². The Morgan fingerprint density at radius 1 is 1.33 bits per heavy atom. The van der Waals surface area contributed by atoms with Gasteiger partial charge in [-0.2, -0.15) is 0 Å². The van der Waals surface area contributed by atoms with E-state index in [0.717, 1.165) is 43.5 Å². The molecule has 0 bridgehead atoms. The standard InChI is InChI=1S/C18H32N2O/c1-6-9-11-15(4)16(7-2)19-17(21)14-18(8-3)12-10-13-20(18)5/h9,11H,6-8,10,12-14H2,1-5H3,(H,19,21)/b11-9-,16-15+. The Morgan fingerprint density at radius 2 is 2.05 bits per heavy atom. The number of likely N-dealkylation sites (tertiary alicyclic amines) is 1. The Morgan fingerprint density at radius 3 is 2.52 bits per heavy atom. The normalized spacial score (nSPS) is 24.4. The van der Waals surface area contributed by atoms with Gasteiger partial charge in [0.1, 0.15) is 0 Å². The lowest BCUT2D eigenvalue weighted by molar-refractivity contribution is -0.123. The Labute approximate surface area is 130 Å². The molecule has 0 aromatic rings. The van der Waals surface area contributed by atoms with Crippen LogP contribution in [0.1, 0.15) is 66.2 Å². The van der Waals surface area contributed by atoms with Gasteiger partial charge in [0.25, 0.3) is 0 Å². The fourth-order valence-corrected chi connectivity index (χ4v) is 3.24. The van der Waals surface area contributed by atoms with Gasteiger partial charge < -0.3 is 10.2 Å². The lowest BCUT2D eigenvalue weighted by atomic mass is 9.89. The first kappa shape index (κ1) is 18.0. The van der Waals surface area contributed by atoms with E-state index in [0.29, 0.717) is 6.42 Å². The highest BCUT2D eigenvalue weighted by Crippen LogP contribution is 2.34. The van der Waals surface area contributed by atoms with Crippen molar-refractivity contribution in [3.63, 3.8) is 0 Å². The van der Waals surface area contributed by atoms with Gasteiger partial charge >= 0.3 is 0 Å². The van der Waals surface area contributed by atoms with Gasteiger partial charge in [-0.3, -0.25) is 4.79 Å². The van der Waals surface area contributed by atoms with Crippen LogP contribution in [0.25, 0.3) is 0 Å². The molecule has 1 aliphatic heterocycles. The van der Waals surface area contributed by atoms with Crippen LogP contribution in [0.5, 0.6) is 0 Å². The lowest BCUT2D eigenvalue weighted by Crippen LogP contribution is -2.44. The molecule has 0 saturated carbocycles. The monoisotopic (exact) mass is 292 g/mol. The second kappa shape index (κ2) is 8.38. The number of rotatable bonds is 7. The molecular weight excluding hydrogens is 260 g/mol. The van der Waals surface area contributed by atoms with Crippen molar-refractivity contribution in [2.24, 2.45) is 0 Å². The third-order valence-corrected chi connectivity index (χ3v) is 4.82. The quantitative estimate of drug-likeness (QED) is 0.719. The molecule has 3 nitrogen and oxygen atoms in total. The van der Waals surface area contributed by atoms with Crippen LogP contribution in [-0.2, 0) is 4.79 Å². The molecule has 120 valence electrons. The van der Waals surface area contributed by atoms with E-state index in [4.69, 9.17) is 0 Å². The molecule has 21 heavy (non-hydrogen) atoms. The van der Waals surface area contributed by atoms with Crippen molar-refractivity contribution in [3.05, 3.63) is 23.4 Å². The van der Waals surface area contributed by atoms with Gasteiger partial charge in [-0.1, -0.05) is 32.9 Å². The predicted octanol–water partition coefficient (Wildman–Crippen LogP) is 4.02. The summed E-state index contributed by atoms with van der Waals surface area (Å²) in [4.78, 5) is 14.8. The summed E-state index contributed by atoms with van der Waals surface area (Å²) < 4.78 is 0. The van der Waals surface area contributed by atoms with Crippen molar-refractivity contribution in [3.8, 4) is 0 Å². The summed E-state index contributed by atoms with van der Waals surface area (Å²) in [6.45, 7) is 9.59. The number of amides is 1. The molecule has 1 fully saturated rings. The van der Waals surface area contributed by atoms with Crippen LogP contribution in [-0.4, -0.2) is 29.9 Å². The summed E-state index contributed by atoms with van der Waals surface area (Å²) >= 11 is 0. The number of hydrogen-bond donors (Lipinski definition) is 1. The van der Waals surface area contributed by atoms with Gasteiger partial charge in [-0.15, -0.1) is 0 Å². The minimum absolute atomic E-state index is 0.0656. The Balaban J connectivity index is 2.73. The average molecular weight is 292 g/mol. The third kappa shape index (κ3) is 4.70. The van der Waals surface area contributed by atoms with Crippen LogP contribution < -0.4 is 5.32 Å². The highest BCUT2D eigenvalue weighted by Gasteiger charge is 2.38. The molecule has 1 heterocycles. The van der Waals surface area contributed by atoms with Crippen LogP contribution in [0, 0.1) is 0 Å². The molecular formula is C18H32N2O. The van der Waals surface area contributed by atoms with E-state index in [1.54, 1.807) is 0 Å². The predicted molar refractivity (Wildman–Crippen MR) is 90.1 cm³/mol. The molecule has 1 saturated heterocycles. The van der Waals surface area contributed by atoms with Crippen LogP contribution >= 0.6 is 0 Å². The first-order valence-electron chi connectivity index (χ1n) is 8.36. The fraction of sp³-hybridized carbons (Fsp3) is 0.722. The number of nitrogens with one attached hydrogen (secondary N) is 1. The zero-order valence-corrected chi connectivity index (χ0v) is 14.5. The first-order chi connectivity index (χ1) is 9.99. The summed E-state index contributed by atoms with van der Waals surface area (Å²) in [5.74, 6) is 0.159. The van der Waals surface area contributed by atoms with E-state index in [1.165, 1.54) is 6.42 Å². The maximum atomic E-state index is 12.5. The van der Waals surface area contributed by atoms with Crippen LogP contribution in [0.4, 0.5) is 0 Å². The summed E-state index contributed by atoms with van der Waals surface area (Å²) in [6, 6.07) is 0. The lowest BCUT2D eigenvalue weighted by Gasteiger charge is -2.35. The number of allylic oxidation sites excluding steroid dienone is 4. The summed E-state index contributed by atoms with van der Waals surface area (Å²) in [5.41, 5.74) is 2.28. The molecule has 3 heteroatoms. The summed E-state index contributed by atoms with van der Waals surface area (Å²) in [7, 11) is 2.15. The Hall–Kier alpha value is -1.09. The molecule has 1 rings (SSSR count). The minimum atomic E-state index is 0.0656. The molecule has 1 atom stereocenters. The van der Waals surface area contributed by atoms with E-state index in [1.807, 2.05) is 0 Å². The second-order valence-corrected chi connectivity index (χ2v) is 6.15. The van der Waals surface area contributed by atoms with E-state index >= 15 is 0 Å². The summed E-state index contributed by atoms with van der Waals surface area (Å²) in [6.07, 6.45) is 10.1. The fourth-order valence-electron chi connectivity index (χ4n) is 3.24. The second-order valence-electron chi connectivity index (χ2n) is 6.15. The van der Waals surface area contributed by atoms with Gasteiger partial charge in [0.2, 0.25) is 5.91 Å². The molecule has 0 aromatic heterocycles. The van der Waals surface area contributed by atoms with Crippen molar-refractivity contribution >= 4 is 5.91 Å². The molecule has 1 unspecified atom stereocenters. The highest BCUT2D eigenvalue weighted by molar-refractivity contribution is 5.79. The molecule has 0 spiro atoms. The zero-order chi connectivity index (χ0) is 15.9. The van der Waals surface area contributed by atoms with Crippen LogP contribution in [0.2, 0.25) is 0 Å². The largest absolute Gasteiger partial charge is 0.329 e. The van der Waals surface area contributed by atoms with Crippen molar-refractivity contribution in [1.82, 2.24) is 10.2 Å². The average Bonchev–Trinajstić information content (AvgIpc) is 2.83. The van der Waals surface area contributed by atoms with Gasteiger partial charge in [0, 0.05) is 17.7 Å². The molecule has 0 aliphatic carbocycles. The topological polar surface area (TPSA) is 32.3 Å². The number of hydrogen-bond acceptors (Lipinski definition) is 2. The Bertz CT molecular complexity index is 411. The molecule has 1 amide bonds. The highest BCUT2D eigenvalue weighted by atomic mass is 16.1. The molecule has 0 radical (unpaired) electrons. The smallest absolute Gasteiger partial charge is 0.225 e. The van der Waals surface area contributed by atoms with E-state index in [9.17, 15) is 4.79 Å². The van der Waals surface area contributed by atoms with Gasteiger partial charge in [0.05, 0.1) is 0 Å². The van der Waals surface area contributed by atoms with E-state index in [2.05, 4.69) is 57.1 Å². The number of nitrogens with zero attached hydrogens (tertiary/aromatic N) is 1. The van der Waals surface area contributed by atoms with Gasteiger partial charge in [0.15, 0.2) is 0 Å². The number of carbonyl (C=O) groups excluding carboxylic acids is 1. The van der Waals surface area contributed by atoms with Crippen molar-refractivity contribution < 1.29 is 4.79 Å². The van der Waals surface area contributed by atoms with Crippen molar-refractivity contribution in [2.75, 3.05) is 13.6 Å². The SMILES string of the molecule is CC/C=C\C(C)=C(/CC)NC(=O)CC1(CC)CCCN1C. The minimum Gasteiger partial charge on any atom is -0.329 e. The van der Waals surface area contributed by atoms with Crippen LogP contribution in [0.3, 0.4) is 0 Å². The third-order valence-electron chi connectivity index (χ3n) is 4.82. The molecule has 0 aromatic carbocycles. The molecule has 1 N–H and O–H groups in total. The first-order valence-corrected chi connectivity index (χ1v) is 8.36. The van der Waals surface area contributed by atoms with Gasteiger partial charge in [-0.25, -0.2) is 0 Å². The molecule has 1 aliphatic rings. The maximum Gasteiger partial charge on any atom is 0.225 e. The van der Waals surface area contributed by atoms with Crippen LogP contribution in [0.15, 0.2) is 23.4 Å². The Kier molecular flexibility index (Phi) is 7.16. The van der Waals surface area contributed by atoms with Gasteiger partial charge in [-0.05, 0) is 58.2 Å². The van der Waals surface area contributed by atoms with Crippen molar-refractivity contribution in [2.45, 2.75) is 71.8 Å². The van der Waals surface area contributed by atoms with Crippen molar-refractivity contribution in [1.29, 1.82) is 0 Å². The van der Waals surface area contributed by atoms with E-state index < -0.39 is 0 Å². The summed E-state index contributed by atoms with van der Waals surface area (Å²) in [5, 5.41) is 3.14. The maximum absolute atomic E-state index is 12.5.